The highest BCUT2D eigenvalue weighted by molar-refractivity contribution is 5.37. The second-order valence-corrected chi connectivity index (χ2v) is 3.94. The highest BCUT2D eigenvalue weighted by Crippen LogP contribution is 2.33. The molecule has 2 nitrogen and oxygen atoms in total. The second kappa shape index (κ2) is 3.04. The Morgan fingerprint density at radius 2 is 2.00 bits per heavy atom. The Kier molecular flexibility index (Phi) is 2.09. The number of hydrogen-bond acceptors (Lipinski definition) is 2. The summed E-state index contributed by atoms with van der Waals surface area (Å²) in [6.07, 6.45) is 0. The van der Waals surface area contributed by atoms with E-state index in [9.17, 15) is 9.50 Å². The molecule has 0 radical (unpaired) electrons. The quantitative estimate of drug-likeness (QED) is 0.740. The normalized spacial score (nSPS) is 19.1. The van der Waals surface area contributed by atoms with Crippen LogP contribution in [0.1, 0.15) is 16.7 Å². The minimum Gasteiger partial charge on any atom is -0.380 e. The van der Waals surface area contributed by atoms with E-state index < -0.39 is 5.60 Å². The molecule has 76 valence electrons. The summed E-state index contributed by atoms with van der Waals surface area (Å²) >= 11 is 0. The van der Waals surface area contributed by atoms with Crippen LogP contribution in [0.25, 0.3) is 0 Å². The van der Waals surface area contributed by atoms with Gasteiger partial charge in [-0.1, -0.05) is 6.07 Å². The molecule has 1 aromatic carbocycles. The van der Waals surface area contributed by atoms with Crippen molar-refractivity contribution in [3.63, 3.8) is 0 Å². The minimum atomic E-state index is -0.975. The SMILES string of the molecule is Cc1cc(F)c(C)c(C2(O)COC2)c1. The van der Waals surface area contributed by atoms with Crippen LogP contribution in [0.2, 0.25) is 0 Å². The summed E-state index contributed by atoms with van der Waals surface area (Å²) in [5.41, 5.74) is 1.02. The summed E-state index contributed by atoms with van der Waals surface area (Å²) in [5, 5.41) is 10.0. The van der Waals surface area contributed by atoms with Gasteiger partial charge in [-0.15, -0.1) is 0 Å². The largest absolute Gasteiger partial charge is 0.380 e. The third-order valence-electron chi connectivity index (χ3n) is 2.67. The van der Waals surface area contributed by atoms with Gasteiger partial charge >= 0.3 is 0 Å². The second-order valence-electron chi connectivity index (χ2n) is 3.94. The summed E-state index contributed by atoms with van der Waals surface area (Å²) in [7, 11) is 0. The fourth-order valence-electron chi connectivity index (χ4n) is 1.75. The van der Waals surface area contributed by atoms with Gasteiger partial charge in [-0.25, -0.2) is 4.39 Å². The van der Waals surface area contributed by atoms with Crippen molar-refractivity contribution in [3.05, 3.63) is 34.6 Å². The molecule has 0 atom stereocenters. The Labute approximate surface area is 82.3 Å². The maximum Gasteiger partial charge on any atom is 0.136 e. The number of hydrogen-bond donors (Lipinski definition) is 1. The van der Waals surface area contributed by atoms with E-state index in [2.05, 4.69) is 0 Å². The highest BCUT2D eigenvalue weighted by Gasteiger charge is 2.39. The number of aliphatic hydroxyl groups is 1. The number of rotatable bonds is 1. The fraction of sp³-hybridized carbons (Fsp3) is 0.455. The third-order valence-corrected chi connectivity index (χ3v) is 2.67. The van der Waals surface area contributed by atoms with Gasteiger partial charge < -0.3 is 9.84 Å². The van der Waals surface area contributed by atoms with Gasteiger partial charge in [0.25, 0.3) is 0 Å². The number of ether oxygens (including phenoxy) is 1. The number of benzene rings is 1. The molecule has 0 aromatic heterocycles. The van der Waals surface area contributed by atoms with Gasteiger partial charge in [-0.2, -0.15) is 0 Å². The minimum absolute atomic E-state index is 0.261. The molecule has 1 aromatic rings. The zero-order chi connectivity index (χ0) is 10.3. The smallest absolute Gasteiger partial charge is 0.136 e. The van der Waals surface area contributed by atoms with Gasteiger partial charge in [0.05, 0.1) is 13.2 Å². The molecule has 3 heteroatoms. The predicted octanol–water partition coefficient (Wildman–Crippen LogP) is 1.66. The van der Waals surface area contributed by atoms with Crippen LogP contribution in [0.15, 0.2) is 12.1 Å². The van der Waals surface area contributed by atoms with Gasteiger partial charge in [0.15, 0.2) is 0 Å². The Balaban J connectivity index is 2.51. The predicted molar refractivity (Wildman–Crippen MR) is 50.6 cm³/mol. The molecule has 1 aliphatic rings. The van der Waals surface area contributed by atoms with Crippen molar-refractivity contribution in [2.24, 2.45) is 0 Å². The molecule has 14 heavy (non-hydrogen) atoms. The van der Waals surface area contributed by atoms with Gasteiger partial charge in [0.1, 0.15) is 11.4 Å². The summed E-state index contributed by atoms with van der Waals surface area (Å²) in [6, 6.07) is 3.29. The van der Waals surface area contributed by atoms with Gasteiger partial charge in [0, 0.05) is 0 Å². The first-order valence-corrected chi connectivity index (χ1v) is 4.60. The van der Waals surface area contributed by atoms with Gasteiger partial charge in [-0.05, 0) is 36.6 Å². The molecule has 1 saturated heterocycles. The molecule has 1 heterocycles. The van der Waals surface area contributed by atoms with Crippen molar-refractivity contribution in [2.45, 2.75) is 19.4 Å². The standard InChI is InChI=1S/C11H13FO2/c1-7-3-9(8(2)10(12)4-7)11(13)5-14-6-11/h3-4,13H,5-6H2,1-2H3. The maximum atomic E-state index is 13.4. The fourth-order valence-corrected chi connectivity index (χ4v) is 1.75. The monoisotopic (exact) mass is 196 g/mol. The molecule has 0 unspecified atom stereocenters. The van der Waals surface area contributed by atoms with E-state index in [0.29, 0.717) is 11.1 Å². The third kappa shape index (κ3) is 1.33. The van der Waals surface area contributed by atoms with Crippen LogP contribution in [0.3, 0.4) is 0 Å². The van der Waals surface area contributed by atoms with Crippen LogP contribution in [0.5, 0.6) is 0 Å². The molecule has 1 aliphatic heterocycles. The molecule has 0 amide bonds. The summed E-state index contributed by atoms with van der Waals surface area (Å²) in [5.74, 6) is -0.264. The van der Waals surface area contributed by atoms with E-state index in [1.807, 2.05) is 13.0 Å². The molecule has 2 rings (SSSR count). The molecule has 0 saturated carbocycles. The van der Waals surface area contributed by atoms with E-state index >= 15 is 0 Å². The summed E-state index contributed by atoms with van der Waals surface area (Å²) in [6.45, 7) is 4.02. The van der Waals surface area contributed by atoms with Crippen LogP contribution < -0.4 is 0 Å². The highest BCUT2D eigenvalue weighted by atomic mass is 19.1. The zero-order valence-electron chi connectivity index (χ0n) is 8.30. The first-order valence-electron chi connectivity index (χ1n) is 4.60. The average Bonchev–Trinajstić information content (AvgIpc) is 2.07. The van der Waals surface area contributed by atoms with Crippen LogP contribution in [0, 0.1) is 19.7 Å². The maximum absolute atomic E-state index is 13.4. The zero-order valence-corrected chi connectivity index (χ0v) is 8.30. The molecular weight excluding hydrogens is 183 g/mol. The molecular formula is C11H13FO2. The average molecular weight is 196 g/mol. The van der Waals surface area contributed by atoms with Crippen molar-refractivity contribution < 1.29 is 14.2 Å². The van der Waals surface area contributed by atoms with E-state index in [1.54, 1.807) is 6.92 Å². The van der Waals surface area contributed by atoms with Crippen molar-refractivity contribution in [1.82, 2.24) is 0 Å². The van der Waals surface area contributed by atoms with Crippen molar-refractivity contribution in [1.29, 1.82) is 0 Å². The number of halogens is 1. The topological polar surface area (TPSA) is 29.5 Å². The van der Waals surface area contributed by atoms with E-state index in [-0.39, 0.29) is 19.0 Å². The Hall–Kier alpha value is -0.930. The Morgan fingerprint density at radius 3 is 2.50 bits per heavy atom. The Morgan fingerprint density at radius 1 is 1.36 bits per heavy atom. The summed E-state index contributed by atoms with van der Waals surface area (Å²) < 4.78 is 18.3. The molecule has 0 spiro atoms. The lowest BCUT2D eigenvalue weighted by Crippen LogP contribution is -2.47. The van der Waals surface area contributed by atoms with Crippen LogP contribution >= 0.6 is 0 Å². The first-order chi connectivity index (χ1) is 6.53. The van der Waals surface area contributed by atoms with Crippen LogP contribution in [-0.2, 0) is 10.3 Å². The van der Waals surface area contributed by atoms with Gasteiger partial charge in [-0.3, -0.25) is 0 Å². The van der Waals surface area contributed by atoms with Crippen LogP contribution in [-0.4, -0.2) is 18.3 Å². The van der Waals surface area contributed by atoms with Crippen molar-refractivity contribution in [2.75, 3.05) is 13.2 Å². The summed E-state index contributed by atoms with van der Waals surface area (Å²) in [4.78, 5) is 0. The Bertz CT molecular complexity index is 370. The van der Waals surface area contributed by atoms with E-state index in [4.69, 9.17) is 4.74 Å². The molecule has 1 fully saturated rings. The van der Waals surface area contributed by atoms with Crippen molar-refractivity contribution in [3.8, 4) is 0 Å². The van der Waals surface area contributed by atoms with Crippen molar-refractivity contribution >= 4 is 0 Å². The lowest BCUT2D eigenvalue weighted by atomic mass is 9.87. The van der Waals surface area contributed by atoms with Crippen LogP contribution in [0.4, 0.5) is 4.39 Å². The first kappa shape index (κ1) is 9.62. The molecule has 0 aliphatic carbocycles. The number of aryl methyl sites for hydroxylation is 1. The van der Waals surface area contributed by atoms with Gasteiger partial charge in [0.2, 0.25) is 0 Å². The lowest BCUT2D eigenvalue weighted by Gasteiger charge is -2.38. The molecule has 1 N–H and O–H groups in total. The van der Waals surface area contributed by atoms with E-state index in [1.165, 1.54) is 6.07 Å². The molecule has 0 bridgehead atoms. The lowest BCUT2D eigenvalue weighted by molar-refractivity contribution is -0.185. The van der Waals surface area contributed by atoms with E-state index in [0.717, 1.165) is 5.56 Å².